The van der Waals surface area contributed by atoms with Crippen molar-refractivity contribution in [2.24, 2.45) is 11.3 Å². The van der Waals surface area contributed by atoms with Crippen LogP contribution in [-0.4, -0.2) is 58.0 Å². The van der Waals surface area contributed by atoms with Gasteiger partial charge in [0.15, 0.2) is 5.69 Å². The molecule has 0 saturated carbocycles. The van der Waals surface area contributed by atoms with Crippen LogP contribution in [0.5, 0.6) is 0 Å². The van der Waals surface area contributed by atoms with Crippen molar-refractivity contribution >= 4 is 11.9 Å². The second kappa shape index (κ2) is 6.87. The number of likely N-dealkylation sites (tertiary alicyclic amines) is 1. The first-order valence-corrected chi connectivity index (χ1v) is 9.19. The first kappa shape index (κ1) is 18.4. The van der Waals surface area contributed by atoms with Crippen LogP contribution in [0.2, 0.25) is 0 Å². The number of ether oxygens (including phenoxy) is 1. The minimum absolute atomic E-state index is 0.0650. The highest BCUT2D eigenvalue weighted by Crippen LogP contribution is 2.42. The Morgan fingerprint density at radius 2 is 2.04 bits per heavy atom. The van der Waals surface area contributed by atoms with E-state index in [1.807, 2.05) is 30.3 Å². The SMILES string of the molecule is Cc1cc(=O)c(C(=O)N2C[C@H]3COCC[C@@]3(C(=O)O)C2)nn1-c1ccccc1. The van der Waals surface area contributed by atoms with E-state index in [1.54, 1.807) is 11.6 Å². The van der Waals surface area contributed by atoms with Crippen LogP contribution in [-0.2, 0) is 9.53 Å². The molecule has 0 bridgehead atoms. The number of hydrogen-bond donors (Lipinski definition) is 1. The van der Waals surface area contributed by atoms with E-state index < -0.39 is 22.7 Å². The van der Waals surface area contributed by atoms with Crippen LogP contribution >= 0.6 is 0 Å². The minimum Gasteiger partial charge on any atom is -0.481 e. The maximum absolute atomic E-state index is 13.1. The highest BCUT2D eigenvalue weighted by molar-refractivity contribution is 5.93. The zero-order valence-corrected chi connectivity index (χ0v) is 15.5. The summed E-state index contributed by atoms with van der Waals surface area (Å²) in [4.78, 5) is 38.9. The van der Waals surface area contributed by atoms with Gasteiger partial charge in [0, 0.05) is 37.4 Å². The number of carbonyl (C=O) groups is 2. The standard InChI is InChI=1S/C20H21N3O5/c1-13-9-16(24)17(21-23(13)15-5-3-2-4-6-15)18(25)22-10-14-11-28-8-7-20(14,12-22)19(26)27/h2-6,9,14H,7-8,10-12H2,1H3,(H,26,27)/t14-,20+/m0/s1. The Bertz CT molecular complexity index is 987. The Morgan fingerprint density at radius 3 is 2.71 bits per heavy atom. The average Bonchev–Trinajstić information content (AvgIpc) is 3.09. The smallest absolute Gasteiger partial charge is 0.311 e. The van der Waals surface area contributed by atoms with Crippen LogP contribution < -0.4 is 5.43 Å². The molecule has 0 radical (unpaired) electrons. The molecule has 2 aromatic rings. The molecule has 1 aromatic heterocycles. The predicted molar refractivity (Wildman–Crippen MR) is 99.5 cm³/mol. The Balaban J connectivity index is 1.69. The van der Waals surface area contributed by atoms with Crippen LogP contribution in [0.1, 0.15) is 22.6 Å². The average molecular weight is 383 g/mol. The topological polar surface area (TPSA) is 102 Å². The lowest BCUT2D eigenvalue weighted by atomic mass is 9.74. The van der Waals surface area contributed by atoms with E-state index in [4.69, 9.17) is 4.74 Å². The lowest BCUT2D eigenvalue weighted by Gasteiger charge is -2.33. The van der Waals surface area contributed by atoms with Crippen molar-refractivity contribution < 1.29 is 19.4 Å². The van der Waals surface area contributed by atoms with Gasteiger partial charge in [-0.15, -0.1) is 0 Å². The highest BCUT2D eigenvalue weighted by Gasteiger charge is 2.55. The van der Waals surface area contributed by atoms with E-state index in [9.17, 15) is 19.5 Å². The molecule has 0 unspecified atom stereocenters. The van der Waals surface area contributed by atoms with Crippen molar-refractivity contribution in [3.8, 4) is 5.69 Å². The Hall–Kier alpha value is -3.00. The fourth-order valence-electron chi connectivity index (χ4n) is 4.13. The molecule has 3 heterocycles. The number of fused-ring (bicyclic) bond motifs is 1. The van der Waals surface area contributed by atoms with Gasteiger partial charge in [0.25, 0.3) is 5.91 Å². The molecule has 0 aliphatic carbocycles. The quantitative estimate of drug-likeness (QED) is 0.852. The third kappa shape index (κ3) is 2.90. The summed E-state index contributed by atoms with van der Waals surface area (Å²) in [5.74, 6) is -1.75. The van der Waals surface area contributed by atoms with Crippen molar-refractivity contribution in [2.75, 3.05) is 26.3 Å². The number of aliphatic carboxylic acids is 1. The zero-order chi connectivity index (χ0) is 19.9. The van der Waals surface area contributed by atoms with Gasteiger partial charge in [-0.25, -0.2) is 4.68 Å². The summed E-state index contributed by atoms with van der Waals surface area (Å²) in [6.07, 6.45) is 0.354. The van der Waals surface area contributed by atoms with E-state index in [0.717, 1.165) is 5.69 Å². The molecule has 146 valence electrons. The molecule has 8 heteroatoms. The summed E-state index contributed by atoms with van der Waals surface area (Å²) in [5, 5.41) is 14.1. The number of rotatable bonds is 3. The lowest BCUT2D eigenvalue weighted by molar-refractivity contribution is -0.157. The molecule has 2 saturated heterocycles. The van der Waals surface area contributed by atoms with Gasteiger partial charge in [-0.1, -0.05) is 18.2 Å². The van der Waals surface area contributed by atoms with Crippen LogP contribution in [0, 0.1) is 18.3 Å². The first-order valence-electron chi connectivity index (χ1n) is 9.19. The molecule has 4 rings (SSSR count). The van der Waals surface area contributed by atoms with E-state index in [0.29, 0.717) is 25.3 Å². The van der Waals surface area contributed by atoms with Gasteiger partial charge in [0.1, 0.15) is 0 Å². The van der Waals surface area contributed by atoms with E-state index >= 15 is 0 Å². The first-order chi connectivity index (χ1) is 13.4. The number of hydrogen-bond acceptors (Lipinski definition) is 5. The van der Waals surface area contributed by atoms with Crippen molar-refractivity contribution in [2.45, 2.75) is 13.3 Å². The zero-order valence-electron chi connectivity index (χ0n) is 15.5. The molecule has 1 aromatic carbocycles. The summed E-state index contributed by atoms with van der Waals surface area (Å²) in [7, 11) is 0. The molecule has 0 spiro atoms. The largest absolute Gasteiger partial charge is 0.481 e. The van der Waals surface area contributed by atoms with Crippen molar-refractivity contribution in [3.05, 3.63) is 58.0 Å². The molecule has 2 aliphatic rings. The van der Waals surface area contributed by atoms with Gasteiger partial charge in [0.2, 0.25) is 5.43 Å². The number of carboxylic acid groups (broad SMARTS) is 1. The fourth-order valence-corrected chi connectivity index (χ4v) is 4.13. The number of nitrogens with zero attached hydrogens (tertiary/aromatic N) is 3. The molecule has 1 N–H and O–H groups in total. The Labute approximate surface area is 161 Å². The summed E-state index contributed by atoms with van der Waals surface area (Å²) in [6.45, 7) is 2.71. The molecule has 2 fully saturated rings. The lowest BCUT2D eigenvalue weighted by Crippen LogP contribution is -2.45. The number of benzene rings is 1. The highest BCUT2D eigenvalue weighted by atomic mass is 16.5. The number of amides is 1. The molecular formula is C20H21N3O5. The van der Waals surface area contributed by atoms with E-state index in [-0.39, 0.29) is 24.7 Å². The number of aryl methyl sites for hydroxylation is 1. The molecule has 2 atom stereocenters. The van der Waals surface area contributed by atoms with Gasteiger partial charge in [-0.05, 0) is 25.5 Å². The van der Waals surface area contributed by atoms with Gasteiger partial charge in [-0.2, -0.15) is 5.10 Å². The molecular weight excluding hydrogens is 362 g/mol. The van der Waals surface area contributed by atoms with E-state index in [2.05, 4.69) is 5.10 Å². The number of carbonyl (C=O) groups excluding carboxylic acids is 1. The van der Waals surface area contributed by atoms with Gasteiger partial charge in [-0.3, -0.25) is 14.4 Å². The Kier molecular flexibility index (Phi) is 4.50. The molecule has 2 aliphatic heterocycles. The van der Waals surface area contributed by atoms with Crippen LogP contribution in [0.25, 0.3) is 5.69 Å². The van der Waals surface area contributed by atoms with Crippen LogP contribution in [0.3, 0.4) is 0 Å². The maximum Gasteiger partial charge on any atom is 0.311 e. The van der Waals surface area contributed by atoms with Crippen LogP contribution in [0.15, 0.2) is 41.2 Å². The summed E-state index contributed by atoms with van der Waals surface area (Å²) >= 11 is 0. The normalized spacial score (nSPS) is 24.0. The number of aromatic nitrogens is 2. The molecule has 28 heavy (non-hydrogen) atoms. The summed E-state index contributed by atoms with van der Waals surface area (Å²) < 4.78 is 6.98. The van der Waals surface area contributed by atoms with Gasteiger partial charge >= 0.3 is 5.97 Å². The van der Waals surface area contributed by atoms with E-state index in [1.165, 1.54) is 11.0 Å². The van der Waals surface area contributed by atoms with Crippen molar-refractivity contribution in [1.82, 2.24) is 14.7 Å². The van der Waals surface area contributed by atoms with Crippen LogP contribution in [0.4, 0.5) is 0 Å². The fraction of sp³-hybridized carbons (Fsp3) is 0.400. The second-order valence-electron chi connectivity index (χ2n) is 7.41. The monoisotopic (exact) mass is 383 g/mol. The van der Waals surface area contributed by atoms with Crippen molar-refractivity contribution in [1.29, 1.82) is 0 Å². The van der Waals surface area contributed by atoms with Gasteiger partial charge in [0.05, 0.1) is 17.7 Å². The number of carboxylic acids is 1. The molecule has 1 amide bonds. The van der Waals surface area contributed by atoms with Crippen molar-refractivity contribution in [3.63, 3.8) is 0 Å². The predicted octanol–water partition coefficient (Wildman–Crippen LogP) is 1.10. The summed E-state index contributed by atoms with van der Waals surface area (Å²) in [6, 6.07) is 10.6. The third-order valence-electron chi connectivity index (χ3n) is 5.73. The number of para-hydroxylation sites is 1. The third-order valence-corrected chi connectivity index (χ3v) is 5.73. The molecule has 8 nitrogen and oxygen atoms in total. The minimum atomic E-state index is -1.02. The summed E-state index contributed by atoms with van der Waals surface area (Å²) in [5.41, 5.74) is -0.339. The maximum atomic E-state index is 13.1. The second-order valence-corrected chi connectivity index (χ2v) is 7.41. The Morgan fingerprint density at radius 1 is 1.29 bits per heavy atom. The van der Waals surface area contributed by atoms with Gasteiger partial charge < -0.3 is 14.7 Å².